The molecule has 4 heteroatoms. The van der Waals surface area contributed by atoms with Crippen LogP contribution >= 0.6 is 0 Å². The van der Waals surface area contributed by atoms with E-state index >= 15 is 0 Å². The molecule has 0 aliphatic heterocycles. The summed E-state index contributed by atoms with van der Waals surface area (Å²) in [6, 6.07) is 20.4. The molecule has 1 fully saturated rings. The minimum absolute atomic E-state index is 0.154. The number of phenolic OH excluding ortho intramolecular Hbond substituents is 1. The van der Waals surface area contributed by atoms with Gasteiger partial charge in [0.25, 0.3) is 0 Å². The molecular weight excluding hydrogens is 328 g/mol. The molecule has 26 heavy (non-hydrogen) atoms. The number of hydrogen-bond acceptors (Lipinski definition) is 3. The Morgan fingerprint density at radius 2 is 1.35 bits per heavy atom. The summed E-state index contributed by atoms with van der Waals surface area (Å²) >= 11 is 0. The molecule has 0 saturated heterocycles. The number of ether oxygens (including phenoxy) is 1. The van der Waals surface area contributed by atoms with Gasteiger partial charge in [-0.1, -0.05) is 55.7 Å². The maximum absolute atomic E-state index is 11.4. The van der Waals surface area contributed by atoms with Crippen molar-refractivity contribution in [3.05, 3.63) is 78.4 Å². The summed E-state index contributed by atoms with van der Waals surface area (Å²) in [4.78, 5) is 11.4. The fraction of sp³-hybridized carbons (Fsp3) is 0.136. The third-order valence-electron chi connectivity index (χ3n) is 3.75. The number of aromatic hydroxyl groups is 1. The van der Waals surface area contributed by atoms with Crippen LogP contribution in [-0.4, -0.2) is 16.2 Å². The van der Waals surface area contributed by atoms with Crippen molar-refractivity contribution in [3.63, 3.8) is 0 Å². The number of para-hydroxylation sites is 1. The molecule has 0 radical (unpaired) electrons. The van der Waals surface area contributed by atoms with Crippen LogP contribution in [0, 0.1) is 0 Å². The number of rotatable bonds is 4. The monoisotopic (exact) mass is 348 g/mol. The van der Waals surface area contributed by atoms with Gasteiger partial charge in [0.15, 0.2) is 0 Å². The topological polar surface area (TPSA) is 66.8 Å². The first kappa shape index (κ1) is 17.5. The largest absolute Gasteiger partial charge is 0.508 e. The number of aromatic carboxylic acids is 1. The van der Waals surface area contributed by atoms with Crippen molar-refractivity contribution in [1.82, 2.24) is 0 Å². The number of phenols is 1. The highest BCUT2D eigenvalue weighted by Crippen LogP contribution is 2.35. The lowest BCUT2D eigenvalue weighted by Crippen LogP contribution is -1.99. The Bertz CT molecular complexity index is 880. The molecule has 3 aromatic carbocycles. The average molecular weight is 348 g/mol. The van der Waals surface area contributed by atoms with Crippen molar-refractivity contribution in [1.29, 1.82) is 0 Å². The van der Waals surface area contributed by atoms with Gasteiger partial charge in [-0.05, 0) is 42.0 Å². The summed E-state index contributed by atoms with van der Waals surface area (Å²) in [6.45, 7) is 0. The number of carbonyl (C=O) groups is 1. The lowest BCUT2D eigenvalue weighted by Gasteiger charge is -2.13. The van der Waals surface area contributed by atoms with E-state index in [9.17, 15) is 15.0 Å². The SMILES string of the molecule is C1CC1.O=C(O)c1ccccc1-c1ccccc1Oc1ccc(O)cc1. The standard InChI is InChI=1S/C19H14O4.C3H6/c20-13-9-11-14(12-10-13)23-18-8-4-3-6-16(18)15-5-1-2-7-17(15)19(21)22;1-2-3-1/h1-12,20H,(H,21,22);1-3H2. The minimum atomic E-state index is -0.986. The quantitative estimate of drug-likeness (QED) is 0.633. The normalized spacial score (nSPS) is 11.8. The molecule has 132 valence electrons. The Hall–Kier alpha value is -3.27. The second-order valence-electron chi connectivity index (χ2n) is 6.00. The van der Waals surface area contributed by atoms with Crippen molar-refractivity contribution >= 4 is 5.97 Å². The predicted molar refractivity (Wildman–Crippen MR) is 101 cm³/mol. The van der Waals surface area contributed by atoms with Crippen molar-refractivity contribution in [2.75, 3.05) is 0 Å². The molecular formula is C22H20O4. The van der Waals surface area contributed by atoms with E-state index in [1.807, 2.05) is 18.2 Å². The summed E-state index contributed by atoms with van der Waals surface area (Å²) in [7, 11) is 0. The predicted octanol–water partition coefficient (Wildman–Crippen LogP) is 5.72. The zero-order chi connectivity index (χ0) is 18.4. The molecule has 0 unspecified atom stereocenters. The van der Waals surface area contributed by atoms with Crippen molar-refractivity contribution in [2.45, 2.75) is 19.3 Å². The fourth-order valence-corrected chi connectivity index (χ4v) is 2.32. The van der Waals surface area contributed by atoms with E-state index in [0.29, 0.717) is 22.6 Å². The lowest BCUT2D eigenvalue weighted by molar-refractivity contribution is 0.0697. The zero-order valence-corrected chi connectivity index (χ0v) is 14.3. The van der Waals surface area contributed by atoms with E-state index in [4.69, 9.17) is 4.74 Å². The fourth-order valence-electron chi connectivity index (χ4n) is 2.32. The van der Waals surface area contributed by atoms with Gasteiger partial charge >= 0.3 is 5.97 Å². The molecule has 1 aliphatic rings. The van der Waals surface area contributed by atoms with Gasteiger partial charge in [-0.2, -0.15) is 0 Å². The van der Waals surface area contributed by atoms with Crippen molar-refractivity contribution < 1.29 is 19.7 Å². The molecule has 1 aliphatic carbocycles. The molecule has 0 spiro atoms. The van der Waals surface area contributed by atoms with Gasteiger partial charge in [0.1, 0.15) is 17.2 Å². The van der Waals surface area contributed by atoms with Crippen molar-refractivity contribution in [3.8, 4) is 28.4 Å². The van der Waals surface area contributed by atoms with Crippen molar-refractivity contribution in [2.24, 2.45) is 0 Å². The highest BCUT2D eigenvalue weighted by molar-refractivity contribution is 5.96. The van der Waals surface area contributed by atoms with Crippen LogP contribution in [0.4, 0.5) is 0 Å². The lowest BCUT2D eigenvalue weighted by atomic mass is 9.99. The minimum Gasteiger partial charge on any atom is -0.508 e. The summed E-state index contributed by atoms with van der Waals surface area (Å²) in [5.74, 6) is 0.275. The smallest absolute Gasteiger partial charge is 0.336 e. The van der Waals surface area contributed by atoms with E-state index in [1.165, 1.54) is 31.4 Å². The Morgan fingerprint density at radius 3 is 1.96 bits per heavy atom. The maximum atomic E-state index is 11.4. The van der Waals surface area contributed by atoms with Gasteiger partial charge < -0.3 is 14.9 Å². The van der Waals surface area contributed by atoms with Crippen LogP contribution < -0.4 is 4.74 Å². The van der Waals surface area contributed by atoms with Gasteiger partial charge in [-0.3, -0.25) is 0 Å². The summed E-state index contributed by atoms with van der Waals surface area (Å²) < 4.78 is 5.85. The molecule has 0 atom stereocenters. The first-order valence-electron chi connectivity index (χ1n) is 8.54. The summed E-state index contributed by atoms with van der Waals surface area (Å²) in [5, 5.41) is 18.7. The average Bonchev–Trinajstić information content (AvgIpc) is 3.53. The molecule has 2 N–H and O–H groups in total. The van der Waals surface area contributed by atoms with Gasteiger partial charge in [-0.25, -0.2) is 4.79 Å². The Kier molecular flexibility index (Phi) is 5.54. The van der Waals surface area contributed by atoms with Crippen LogP contribution in [-0.2, 0) is 0 Å². The second kappa shape index (κ2) is 8.21. The maximum Gasteiger partial charge on any atom is 0.336 e. The van der Waals surface area contributed by atoms with Gasteiger partial charge in [0.2, 0.25) is 0 Å². The molecule has 1 saturated carbocycles. The second-order valence-corrected chi connectivity index (χ2v) is 6.00. The highest BCUT2D eigenvalue weighted by Gasteiger charge is 2.14. The van der Waals surface area contributed by atoms with E-state index in [2.05, 4.69) is 0 Å². The van der Waals surface area contributed by atoms with Gasteiger partial charge in [-0.15, -0.1) is 0 Å². The summed E-state index contributed by atoms with van der Waals surface area (Å²) in [6.07, 6.45) is 4.50. The molecule has 0 bridgehead atoms. The van der Waals surface area contributed by atoms with Crippen LogP contribution in [0.3, 0.4) is 0 Å². The third-order valence-corrected chi connectivity index (χ3v) is 3.75. The van der Waals surface area contributed by atoms with Crippen LogP contribution in [0.25, 0.3) is 11.1 Å². The summed E-state index contributed by atoms with van der Waals surface area (Å²) in [5.41, 5.74) is 1.50. The molecule has 0 heterocycles. The number of hydrogen-bond donors (Lipinski definition) is 2. The third kappa shape index (κ3) is 4.63. The molecule has 4 rings (SSSR count). The number of carboxylic acids is 1. The zero-order valence-electron chi connectivity index (χ0n) is 14.3. The molecule has 3 aromatic rings. The van der Waals surface area contributed by atoms with Crippen LogP contribution in [0.1, 0.15) is 29.6 Å². The molecule has 4 nitrogen and oxygen atoms in total. The molecule has 0 aromatic heterocycles. The van der Waals surface area contributed by atoms with Crippen LogP contribution in [0.15, 0.2) is 72.8 Å². The van der Waals surface area contributed by atoms with E-state index < -0.39 is 5.97 Å². The number of benzene rings is 3. The Morgan fingerprint density at radius 1 is 0.769 bits per heavy atom. The molecule has 0 amide bonds. The Labute approximate surface area is 152 Å². The first-order chi connectivity index (χ1) is 12.6. The van der Waals surface area contributed by atoms with E-state index in [1.54, 1.807) is 42.5 Å². The highest BCUT2D eigenvalue weighted by atomic mass is 16.5. The van der Waals surface area contributed by atoms with Crippen LogP contribution in [0.5, 0.6) is 17.2 Å². The van der Waals surface area contributed by atoms with E-state index in [0.717, 1.165) is 0 Å². The van der Waals surface area contributed by atoms with Gasteiger partial charge in [0.05, 0.1) is 5.56 Å². The van der Waals surface area contributed by atoms with E-state index in [-0.39, 0.29) is 11.3 Å². The van der Waals surface area contributed by atoms with Crippen LogP contribution in [0.2, 0.25) is 0 Å². The number of carboxylic acid groups (broad SMARTS) is 1. The first-order valence-corrected chi connectivity index (χ1v) is 8.54. The Balaban J connectivity index is 0.000000592. The van der Waals surface area contributed by atoms with Gasteiger partial charge in [0, 0.05) is 5.56 Å².